The minimum atomic E-state index is -0.933. The van der Waals surface area contributed by atoms with Gasteiger partial charge in [-0.25, -0.2) is 4.79 Å². The van der Waals surface area contributed by atoms with Crippen molar-refractivity contribution in [2.45, 2.75) is 77.6 Å². The van der Waals surface area contributed by atoms with E-state index >= 15 is 0 Å². The molecule has 8 nitrogen and oxygen atoms in total. The normalized spacial score (nSPS) is 21.8. The molecule has 0 radical (unpaired) electrons. The third-order valence-electron chi connectivity index (χ3n) is 8.31. The fourth-order valence-electron chi connectivity index (χ4n) is 5.95. The van der Waals surface area contributed by atoms with E-state index in [9.17, 15) is 24.9 Å². The number of carbonyl (C=O) groups is 1. The van der Waals surface area contributed by atoms with E-state index < -0.39 is 29.7 Å². The molecule has 2 heterocycles. The zero-order chi connectivity index (χ0) is 27.9. The van der Waals surface area contributed by atoms with Crippen LogP contribution in [0.2, 0.25) is 0 Å². The van der Waals surface area contributed by atoms with Crippen molar-refractivity contribution in [3.05, 3.63) is 63.5 Å². The topological polar surface area (TPSA) is 126 Å². The van der Waals surface area contributed by atoms with Crippen molar-refractivity contribution in [3.8, 4) is 28.4 Å². The Balaban J connectivity index is 1.80. The van der Waals surface area contributed by atoms with Crippen molar-refractivity contribution in [1.29, 1.82) is 0 Å². The van der Waals surface area contributed by atoms with Crippen molar-refractivity contribution in [2.75, 3.05) is 0 Å². The molecule has 5 rings (SSSR count). The molecule has 1 aliphatic heterocycles. The molecule has 2 atom stereocenters. The van der Waals surface area contributed by atoms with Gasteiger partial charge in [0.2, 0.25) is 0 Å². The molecule has 0 spiro atoms. The fourth-order valence-corrected chi connectivity index (χ4v) is 5.95. The number of rotatable bonds is 5. The fraction of sp³-hybridized carbons (Fsp3) is 0.419. The van der Waals surface area contributed by atoms with E-state index in [4.69, 9.17) is 13.9 Å². The molecule has 1 aliphatic carbocycles. The molecular formula is C31H34O8. The smallest absolute Gasteiger partial charge is 0.333 e. The van der Waals surface area contributed by atoms with Gasteiger partial charge in [0.25, 0.3) is 0 Å². The van der Waals surface area contributed by atoms with Crippen LogP contribution in [-0.4, -0.2) is 33.0 Å². The van der Waals surface area contributed by atoms with Crippen LogP contribution >= 0.6 is 0 Å². The maximum absolute atomic E-state index is 13.2. The Morgan fingerprint density at radius 1 is 1.18 bits per heavy atom. The monoisotopic (exact) mass is 534 g/mol. The average molecular weight is 535 g/mol. The van der Waals surface area contributed by atoms with Gasteiger partial charge in [-0.2, -0.15) is 0 Å². The molecule has 1 saturated carbocycles. The molecule has 0 unspecified atom stereocenters. The van der Waals surface area contributed by atoms with Gasteiger partial charge in [-0.1, -0.05) is 37.5 Å². The SMILES string of the molecule is CC=C(C)C(=O)O[C@H]1Cc2c(c(-c3cccc(O)c3)c3oc(CO)cc(=O)c3c2O)O[C@@]1(C)C1CCCCC1. The number of carbonyl (C=O) groups excluding carboxylic acids is 1. The van der Waals surface area contributed by atoms with Gasteiger partial charge in [0.1, 0.15) is 46.7 Å². The number of benzene rings is 2. The van der Waals surface area contributed by atoms with Crippen LogP contribution in [-0.2, 0) is 22.6 Å². The molecular weight excluding hydrogens is 500 g/mol. The third-order valence-corrected chi connectivity index (χ3v) is 8.31. The lowest BCUT2D eigenvalue weighted by molar-refractivity contribution is -0.166. The van der Waals surface area contributed by atoms with Gasteiger partial charge in [0.15, 0.2) is 11.0 Å². The summed E-state index contributed by atoms with van der Waals surface area (Å²) in [6, 6.07) is 7.61. The predicted molar refractivity (Wildman–Crippen MR) is 146 cm³/mol. The van der Waals surface area contributed by atoms with Gasteiger partial charge in [0, 0.05) is 29.5 Å². The summed E-state index contributed by atoms with van der Waals surface area (Å²) < 4.78 is 18.9. The first-order valence-corrected chi connectivity index (χ1v) is 13.5. The van der Waals surface area contributed by atoms with Crippen LogP contribution in [0, 0.1) is 5.92 Å². The van der Waals surface area contributed by atoms with Gasteiger partial charge < -0.3 is 29.2 Å². The van der Waals surface area contributed by atoms with Gasteiger partial charge in [-0.15, -0.1) is 0 Å². The van der Waals surface area contributed by atoms with E-state index in [1.165, 1.54) is 12.1 Å². The number of aromatic hydroxyl groups is 2. The molecule has 39 heavy (non-hydrogen) atoms. The highest BCUT2D eigenvalue weighted by molar-refractivity contribution is 6.01. The minimum Gasteiger partial charge on any atom is -0.508 e. The molecule has 0 amide bonds. The first-order valence-electron chi connectivity index (χ1n) is 13.5. The number of phenols is 2. The number of allylic oxidation sites excluding steroid dienone is 1. The van der Waals surface area contributed by atoms with Gasteiger partial charge in [0.05, 0.1) is 5.56 Å². The van der Waals surface area contributed by atoms with E-state index in [0.29, 0.717) is 28.0 Å². The molecule has 8 heteroatoms. The third kappa shape index (κ3) is 4.67. The number of ether oxygens (including phenoxy) is 2. The summed E-state index contributed by atoms with van der Waals surface area (Å²) in [4.78, 5) is 26.1. The van der Waals surface area contributed by atoms with Gasteiger partial charge in [-0.05, 0) is 51.3 Å². The van der Waals surface area contributed by atoms with E-state index in [2.05, 4.69) is 0 Å². The second-order valence-corrected chi connectivity index (χ2v) is 10.7. The number of esters is 1. The number of phenolic OH excluding ortho intramolecular Hbond substituents is 2. The molecule has 2 aliphatic rings. The summed E-state index contributed by atoms with van der Waals surface area (Å²) in [5.41, 5.74) is 0.289. The van der Waals surface area contributed by atoms with Crippen LogP contribution < -0.4 is 10.2 Å². The second-order valence-electron chi connectivity index (χ2n) is 10.7. The molecule has 0 saturated heterocycles. The highest BCUT2D eigenvalue weighted by Gasteiger charge is 2.51. The average Bonchev–Trinajstić information content (AvgIpc) is 2.93. The van der Waals surface area contributed by atoms with E-state index in [1.54, 1.807) is 32.1 Å². The predicted octanol–water partition coefficient (Wildman–Crippen LogP) is 5.52. The Bertz CT molecular complexity index is 1510. The van der Waals surface area contributed by atoms with Crippen LogP contribution in [0.25, 0.3) is 22.1 Å². The Labute approximate surface area is 226 Å². The molecule has 3 aromatic rings. The van der Waals surface area contributed by atoms with Crippen molar-refractivity contribution < 1.29 is 34.0 Å². The van der Waals surface area contributed by atoms with Crippen LogP contribution in [0.4, 0.5) is 0 Å². The lowest BCUT2D eigenvalue weighted by atomic mass is 9.72. The van der Waals surface area contributed by atoms with Crippen molar-refractivity contribution in [1.82, 2.24) is 0 Å². The van der Waals surface area contributed by atoms with Gasteiger partial charge >= 0.3 is 5.97 Å². The standard InChI is InChI=1S/C31H34O8/c1-4-17(2)30(36)38-24-15-22-27(35)26-23(34)14-21(16-32)37-29(26)25(18-9-8-12-20(33)13-18)28(22)39-31(24,3)19-10-6-5-7-11-19/h4,8-9,12-14,19,24,32-33,35H,5-7,10-11,15-16H2,1-3H3/t24-,31-/m0/s1. The molecule has 206 valence electrons. The summed E-state index contributed by atoms with van der Waals surface area (Å²) in [6.45, 7) is 4.89. The van der Waals surface area contributed by atoms with Gasteiger partial charge in [-0.3, -0.25) is 4.79 Å². The molecule has 1 aromatic heterocycles. The van der Waals surface area contributed by atoms with Crippen molar-refractivity contribution in [3.63, 3.8) is 0 Å². The highest BCUT2D eigenvalue weighted by Crippen LogP contribution is 2.53. The van der Waals surface area contributed by atoms with Crippen LogP contribution in [0.3, 0.4) is 0 Å². The first kappa shape index (κ1) is 26.8. The summed E-state index contributed by atoms with van der Waals surface area (Å²) in [5.74, 6) is -0.343. The zero-order valence-corrected chi connectivity index (χ0v) is 22.5. The van der Waals surface area contributed by atoms with Crippen molar-refractivity contribution in [2.24, 2.45) is 5.92 Å². The quantitative estimate of drug-likeness (QED) is 0.289. The zero-order valence-electron chi connectivity index (χ0n) is 22.5. The minimum absolute atomic E-state index is 0.00243. The molecule has 2 aromatic carbocycles. The number of aliphatic hydroxyl groups is 1. The number of hydrogen-bond donors (Lipinski definition) is 3. The summed E-state index contributed by atoms with van der Waals surface area (Å²) in [6.07, 6.45) is 6.07. The Morgan fingerprint density at radius 2 is 1.92 bits per heavy atom. The van der Waals surface area contributed by atoms with Crippen LogP contribution in [0.5, 0.6) is 17.2 Å². The van der Waals surface area contributed by atoms with E-state index in [0.717, 1.165) is 38.2 Å². The summed E-state index contributed by atoms with van der Waals surface area (Å²) in [7, 11) is 0. The molecule has 3 N–H and O–H groups in total. The van der Waals surface area contributed by atoms with Crippen molar-refractivity contribution >= 4 is 16.9 Å². The Hall–Kier alpha value is -3.78. The molecule has 1 fully saturated rings. The van der Waals surface area contributed by atoms with Crippen LogP contribution in [0.1, 0.15) is 64.2 Å². The Morgan fingerprint density at radius 3 is 2.59 bits per heavy atom. The maximum Gasteiger partial charge on any atom is 0.333 e. The number of fused-ring (bicyclic) bond motifs is 2. The first-order chi connectivity index (χ1) is 18.7. The summed E-state index contributed by atoms with van der Waals surface area (Å²) >= 11 is 0. The maximum atomic E-state index is 13.2. The lowest BCUT2D eigenvalue weighted by Crippen LogP contribution is -2.56. The van der Waals surface area contributed by atoms with E-state index in [1.807, 2.05) is 6.92 Å². The largest absolute Gasteiger partial charge is 0.508 e. The summed E-state index contributed by atoms with van der Waals surface area (Å²) in [5, 5.41) is 31.4. The number of aliphatic hydroxyl groups excluding tert-OH is 1. The Kier molecular flexibility index (Phi) is 7.16. The second kappa shape index (κ2) is 10.4. The van der Waals surface area contributed by atoms with Crippen LogP contribution in [0.15, 0.2) is 51.2 Å². The van der Waals surface area contributed by atoms with E-state index in [-0.39, 0.29) is 40.6 Å². The highest BCUT2D eigenvalue weighted by atomic mass is 16.6. The number of hydrogen-bond acceptors (Lipinski definition) is 8. The lowest BCUT2D eigenvalue weighted by Gasteiger charge is -2.48. The molecule has 0 bridgehead atoms.